The van der Waals surface area contributed by atoms with Gasteiger partial charge in [-0.1, -0.05) is 25.7 Å². The first-order chi connectivity index (χ1) is 8.27. The zero-order chi connectivity index (χ0) is 11.7. The van der Waals surface area contributed by atoms with Crippen LogP contribution in [0.3, 0.4) is 0 Å². The van der Waals surface area contributed by atoms with Gasteiger partial charge in [0.1, 0.15) is 5.82 Å². The second-order valence-corrected chi connectivity index (χ2v) is 6.85. The van der Waals surface area contributed by atoms with Gasteiger partial charge in [-0.15, -0.1) is 0 Å². The van der Waals surface area contributed by atoms with Gasteiger partial charge in [0.05, 0.1) is 0 Å². The van der Waals surface area contributed by atoms with Crippen molar-refractivity contribution in [2.24, 2.45) is 5.41 Å². The minimum Gasteiger partial charge on any atom is -0.355 e. The van der Waals surface area contributed by atoms with E-state index in [2.05, 4.69) is 44.6 Å². The average molecular weight is 342 g/mol. The van der Waals surface area contributed by atoms with Crippen LogP contribution in [0.2, 0.25) is 0 Å². The van der Waals surface area contributed by atoms with Gasteiger partial charge >= 0.3 is 0 Å². The molecule has 2 heterocycles. The molecule has 3 heteroatoms. The summed E-state index contributed by atoms with van der Waals surface area (Å²) in [4.78, 5) is 6.97. The number of halogens is 1. The van der Waals surface area contributed by atoms with Crippen LogP contribution in [0.4, 0.5) is 5.82 Å². The van der Waals surface area contributed by atoms with E-state index in [1.165, 1.54) is 61.0 Å². The fraction of sp³-hybridized carbons (Fsp3) is 0.643. The SMILES string of the molecule is Ic1ccc(N2CC3(CCCCCC3)C2)nc1. The highest BCUT2D eigenvalue weighted by Gasteiger charge is 2.42. The number of aromatic nitrogens is 1. The lowest BCUT2D eigenvalue weighted by Gasteiger charge is -2.51. The molecule has 3 rings (SSSR count). The topological polar surface area (TPSA) is 16.1 Å². The fourth-order valence-electron chi connectivity index (χ4n) is 3.28. The van der Waals surface area contributed by atoms with Crippen molar-refractivity contribution in [3.05, 3.63) is 21.9 Å². The first kappa shape index (κ1) is 11.8. The third-order valence-electron chi connectivity index (χ3n) is 4.25. The number of hydrogen-bond donors (Lipinski definition) is 0. The summed E-state index contributed by atoms with van der Waals surface area (Å²) in [7, 11) is 0. The summed E-state index contributed by atoms with van der Waals surface area (Å²) in [5.74, 6) is 1.17. The van der Waals surface area contributed by atoms with Crippen LogP contribution in [0, 0.1) is 8.99 Å². The molecule has 1 aromatic heterocycles. The zero-order valence-corrected chi connectivity index (χ0v) is 12.3. The molecule has 2 nitrogen and oxygen atoms in total. The van der Waals surface area contributed by atoms with E-state index >= 15 is 0 Å². The van der Waals surface area contributed by atoms with E-state index in [-0.39, 0.29) is 0 Å². The van der Waals surface area contributed by atoms with E-state index < -0.39 is 0 Å². The number of rotatable bonds is 1. The van der Waals surface area contributed by atoms with Crippen LogP contribution >= 0.6 is 22.6 Å². The Morgan fingerprint density at radius 3 is 2.35 bits per heavy atom. The molecule has 0 amide bonds. The van der Waals surface area contributed by atoms with Gasteiger partial charge in [0.25, 0.3) is 0 Å². The predicted molar refractivity (Wildman–Crippen MR) is 79.3 cm³/mol. The van der Waals surface area contributed by atoms with Gasteiger partial charge in [-0.3, -0.25) is 0 Å². The Balaban J connectivity index is 1.65. The highest BCUT2D eigenvalue weighted by atomic mass is 127. The average Bonchev–Trinajstić information content (AvgIpc) is 2.54. The van der Waals surface area contributed by atoms with E-state index in [0.717, 1.165) is 0 Å². The summed E-state index contributed by atoms with van der Waals surface area (Å²) < 4.78 is 1.22. The van der Waals surface area contributed by atoms with E-state index in [0.29, 0.717) is 5.41 Å². The van der Waals surface area contributed by atoms with Crippen molar-refractivity contribution in [1.82, 2.24) is 4.98 Å². The van der Waals surface area contributed by atoms with E-state index in [4.69, 9.17) is 0 Å². The molecule has 1 saturated carbocycles. The maximum Gasteiger partial charge on any atom is 0.128 e. The predicted octanol–water partition coefficient (Wildman–Crippen LogP) is 3.85. The van der Waals surface area contributed by atoms with Crippen molar-refractivity contribution in [2.75, 3.05) is 18.0 Å². The third-order valence-corrected chi connectivity index (χ3v) is 4.89. The Labute approximate surface area is 117 Å². The molecule has 1 aliphatic heterocycles. The van der Waals surface area contributed by atoms with Crippen LogP contribution in [0.5, 0.6) is 0 Å². The van der Waals surface area contributed by atoms with Crippen LogP contribution in [-0.4, -0.2) is 18.1 Å². The van der Waals surface area contributed by atoms with Crippen LogP contribution < -0.4 is 4.90 Å². The quantitative estimate of drug-likeness (QED) is 0.721. The Morgan fingerprint density at radius 1 is 1.06 bits per heavy atom. The zero-order valence-electron chi connectivity index (χ0n) is 10.2. The molecule has 0 bridgehead atoms. The number of anilines is 1. The Bertz CT molecular complexity index is 372. The molecule has 17 heavy (non-hydrogen) atoms. The molecule has 92 valence electrons. The molecule has 0 unspecified atom stereocenters. The van der Waals surface area contributed by atoms with Crippen molar-refractivity contribution in [1.29, 1.82) is 0 Å². The molecular weight excluding hydrogens is 323 g/mol. The second kappa shape index (κ2) is 4.75. The fourth-order valence-corrected chi connectivity index (χ4v) is 3.59. The van der Waals surface area contributed by atoms with Gasteiger partial charge in [-0.25, -0.2) is 4.98 Å². The summed E-state index contributed by atoms with van der Waals surface area (Å²) >= 11 is 2.31. The normalized spacial score (nSPS) is 23.2. The van der Waals surface area contributed by atoms with E-state index in [1.54, 1.807) is 0 Å². The van der Waals surface area contributed by atoms with Crippen molar-refractivity contribution in [3.8, 4) is 0 Å². The first-order valence-electron chi connectivity index (χ1n) is 6.64. The summed E-state index contributed by atoms with van der Waals surface area (Å²) in [6.45, 7) is 2.47. The third kappa shape index (κ3) is 2.44. The highest BCUT2D eigenvalue weighted by molar-refractivity contribution is 14.1. The number of pyridine rings is 1. The molecule has 1 saturated heterocycles. The molecule has 0 atom stereocenters. The minimum absolute atomic E-state index is 0.640. The molecule has 2 aliphatic rings. The molecule has 1 spiro atoms. The largest absolute Gasteiger partial charge is 0.355 e. The Hall–Kier alpha value is -0.320. The van der Waals surface area contributed by atoms with Crippen LogP contribution in [0.25, 0.3) is 0 Å². The van der Waals surface area contributed by atoms with Crippen molar-refractivity contribution < 1.29 is 0 Å². The monoisotopic (exact) mass is 342 g/mol. The molecule has 1 aliphatic carbocycles. The molecule has 0 N–H and O–H groups in total. The maximum absolute atomic E-state index is 4.52. The molecule has 1 aromatic rings. The van der Waals surface area contributed by atoms with Gasteiger partial charge < -0.3 is 4.90 Å². The molecule has 0 aromatic carbocycles. The Kier molecular flexibility index (Phi) is 3.28. The van der Waals surface area contributed by atoms with E-state index in [9.17, 15) is 0 Å². The lowest BCUT2D eigenvalue weighted by atomic mass is 9.73. The van der Waals surface area contributed by atoms with Crippen LogP contribution in [-0.2, 0) is 0 Å². The van der Waals surface area contributed by atoms with Gasteiger partial charge in [0, 0.05) is 28.3 Å². The summed E-state index contributed by atoms with van der Waals surface area (Å²) in [5.41, 5.74) is 0.640. The van der Waals surface area contributed by atoms with Crippen LogP contribution in [0.15, 0.2) is 18.3 Å². The number of hydrogen-bond acceptors (Lipinski definition) is 2. The van der Waals surface area contributed by atoms with Gasteiger partial charge in [0.2, 0.25) is 0 Å². The van der Waals surface area contributed by atoms with Gasteiger partial charge in [-0.2, -0.15) is 0 Å². The van der Waals surface area contributed by atoms with Crippen molar-refractivity contribution >= 4 is 28.4 Å². The molecular formula is C14H19IN2. The Morgan fingerprint density at radius 2 is 1.76 bits per heavy atom. The summed E-state index contributed by atoms with van der Waals surface area (Å²) in [6.07, 6.45) is 10.6. The smallest absolute Gasteiger partial charge is 0.128 e. The number of nitrogens with zero attached hydrogens (tertiary/aromatic N) is 2. The lowest BCUT2D eigenvalue weighted by Crippen LogP contribution is -2.56. The minimum atomic E-state index is 0.640. The highest BCUT2D eigenvalue weighted by Crippen LogP contribution is 2.43. The molecule has 0 radical (unpaired) electrons. The van der Waals surface area contributed by atoms with Crippen molar-refractivity contribution in [2.45, 2.75) is 38.5 Å². The molecule has 2 fully saturated rings. The van der Waals surface area contributed by atoms with Crippen LogP contribution in [0.1, 0.15) is 38.5 Å². The summed E-state index contributed by atoms with van der Waals surface area (Å²) in [6, 6.07) is 4.31. The first-order valence-corrected chi connectivity index (χ1v) is 7.72. The van der Waals surface area contributed by atoms with Gasteiger partial charge in [-0.05, 0) is 47.6 Å². The maximum atomic E-state index is 4.52. The second-order valence-electron chi connectivity index (χ2n) is 5.60. The van der Waals surface area contributed by atoms with Gasteiger partial charge in [0.15, 0.2) is 0 Å². The van der Waals surface area contributed by atoms with E-state index in [1.807, 2.05) is 6.20 Å². The lowest BCUT2D eigenvalue weighted by molar-refractivity contribution is 0.179. The van der Waals surface area contributed by atoms with Crippen molar-refractivity contribution in [3.63, 3.8) is 0 Å². The standard InChI is InChI=1S/C14H19IN2/c15-12-5-6-13(16-9-12)17-10-14(11-17)7-3-1-2-4-8-14/h5-6,9H,1-4,7-8,10-11H2. The summed E-state index contributed by atoms with van der Waals surface area (Å²) in [5, 5.41) is 0.